The van der Waals surface area contributed by atoms with E-state index in [1.54, 1.807) is 16.2 Å². The normalized spacial score (nSPS) is 14.6. The first kappa shape index (κ1) is 18.0. The molecule has 0 radical (unpaired) electrons. The summed E-state index contributed by atoms with van der Waals surface area (Å²) in [6.07, 6.45) is 0. The Morgan fingerprint density at radius 2 is 1.89 bits per heavy atom. The van der Waals surface area contributed by atoms with Gasteiger partial charge in [-0.15, -0.1) is 0 Å². The Balaban J connectivity index is 1.32. The number of aromatic nitrogens is 1. The van der Waals surface area contributed by atoms with Crippen molar-refractivity contribution in [3.05, 3.63) is 53.3 Å². The van der Waals surface area contributed by atoms with E-state index in [9.17, 15) is 9.18 Å². The summed E-state index contributed by atoms with van der Waals surface area (Å²) >= 11 is 7.65. The molecule has 0 atom stereocenters. The number of anilines is 1. The van der Waals surface area contributed by atoms with Crippen LogP contribution in [-0.2, 0) is 4.79 Å². The van der Waals surface area contributed by atoms with Crippen molar-refractivity contribution in [3.8, 4) is 5.75 Å². The number of piperazine rings is 1. The minimum Gasteiger partial charge on any atom is -0.484 e. The lowest BCUT2D eigenvalue weighted by atomic mass is 10.3. The number of benzene rings is 2. The van der Waals surface area contributed by atoms with Crippen molar-refractivity contribution in [3.63, 3.8) is 0 Å². The Morgan fingerprint density at radius 1 is 1.15 bits per heavy atom. The number of fused-ring (bicyclic) bond motifs is 1. The summed E-state index contributed by atoms with van der Waals surface area (Å²) in [6.45, 7) is 2.61. The number of rotatable bonds is 4. The summed E-state index contributed by atoms with van der Waals surface area (Å²) < 4.78 is 19.4. The SMILES string of the molecule is O=C(COc1ccc(F)cc1)N1CCN(c2nc3ccc(Cl)cc3s2)CC1. The van der Waals surface area contributed by atoms with Crippen LogP contribution in [0.1, 0.15) is 0 Å². The molecule has 1 aliphatic heterocycles. The van der Waals surface area contributed by atoms with Gasteiger partial charge in [0.2, 0.25) is 0 Å². The maximum absolute atomic E-state index is 12.9. The molecule has 0 spiro atoms. The highest BCUT2D eigenvalue weighted by molar-refractivity contribution is 7.22. The van der Waals surface area contributed by atoms with Gasteiger partial charge in [0.05, 0.1) is 10.2 Å². The van der Waals surface area contributed by atoms with E-state index in [4.69, 9.17) is 16.3 Å². The van der Waals surface area contributed by atoms with E-state index in [-0.39, 0.29) is 18.3 Å². The van der Waals surface area contributed by atoms with Gasteiger partial charge in [-0.05, 0) is 42.5 Å². The van der Waals surface area contributed by atoms with E-state index < -0.39 is 0 Å². The molecule has 0 bridgehead atoms. The maximum atomic E-state index is 12.9. The minimum atomic E-state index is -0.332. The van der Waals surface area contributed by atoms with Gasteiger partial charge >= 0.3 is 0 Å². The second-order valence-corrected chi connectivity index (χ2v) is 7.66. The molecule has 1 amide bonds. The summed E-state index contributed by atoms with van der Waals surface area (Å²) in [6, 6.07) is 11.3. The average Bonchev–Trinajstić information content (AvgIpc) is 3.10. The first-order chi connectivity index (χ1) is 13.1. The highest BCUT2D eigenvalue weighted by Gasteiger charge is 2.23. The van der Waals surface area contributed by atoms with Crippen LogP contribution in [0.2, 0.25) is 5.02 Å². The van der Waals surface area contributed by atoms with Gasteiger partial charge < -0.3 is 14.5 Å². The molecule has 5 nitrogen and oxygen atoms in total. The lowest BCUT2D eigenvalue weighted by molar-refractivity contribution is -0.133. The van der Waals surface area contributed by atoms with Crippen LogP contribution in [0.5, 0.6) is 5.75 Å². The van der Waals surface area contributed by atoms with E-state index in [1.165, 1.54) is 24.3 Å². The van der Waals surface area contributed by atoms with E-state index in [2.05, 4.69) is 9.88 Å². The Labute approximate surface area is 164 Å². The number of hydrogen-bond acceptors (Lipinski definition) is 5. The van der Waals surface area contributed by atoms with Crippen LogP contribution in [-0.4, -0.2) is 48.6 Å². The lowest BCUT2D eigenvalue weighted by Gasteiger charge is -2.34. The molecule has 2 heterocycles. The van der Waals surface area contributed by atoms with Gasteiger partial charge in [0.1, 0.15) is 11.6 Å². The molecule has 2 aromatic carbocycles. The van der Waals surface area contributed by atoms with E-state index in [0.29, 0.717) is 23.9 Å². The number of hydrogen-bond donors (Lipinski definition) is 0. The van der Waals surface area contributed by atoms with Crippen molar-refractivity contribution in [1.29, 1.82) is 0 Å². The van der Waals surface area contributed by atoms with Crippen molar-refractivity contribution < 1.29 is 13.9 Å². The molecule has 0 aliphatic carbocycles. The summed E-state index contributed by atoms with van der Waals surface area (Å²) in [5, 5.41) is 1.65. The molecule has 3 aromatic rings. The topological polar surface area (TPSA) is 45.7 Å². The summed E-state index contributed by atoms with van der Waals surface area (Å²) in [5.74, 6) is 0.0773. The van der Waals surface area contributed by atoms with Crippen LogP contribution in [0.15, 0.2) is 42.5 Å². The fraction of sp³-hybridized carbons (Fsp3) is 0.263. The van der Waals surface area contributed by atoms with Crippen LogP contribution < -0.4 is 9.64 Å². The van der Waals surface area contributed by atoms with Crippen LogP contribution in [0.4, 0.5) is 9.52 Å². The highest BCUT2D eigenvalue weighted by Crippen LogP contribution is 2.31. The van der Waals surface area contributed by atoms with Crippen molar-refractivity contribution in [2.24, 2.45) is 0 Å². The van der Waals surface area contributed by atoms with Gasteiger partial charge in [-0.1, -0.05) is 22.9 Å². The number of halogens is 2. The molecule has 8 heteroatoms. The first-order valence-corrected chi connectivity index (χ1v) is 9.75. The third-order valence-electron chi connectivity index (χ3n) is 4.42. The summed E-state index contributed by atoms with van der Waals surface area (Å²) in [7, 11) is 0. The predicted molar refractivity (Wildman–Crippen MR) is 105 cm³/mol. The second kappa shape index (κ2) is 7.70. The summed E-state index contributed by atoms with van der Waals surface area (Å²) in [4.78, 5) is 21.0. The third-order valence-corrected chi connectivity index (χ3v) is 5.73. The molecule has 0 unspecified atom stereocenters. The molecular formula is C19H17ClFN3O2S. The smallest absolute Gasteiger partial charge is 0.260 e. The van der Waals surface area contributed by atoms with Gasteiger partial charge in [0.15, 0.2) is 11.7 Å². The fourth-order valence-corrected chi connectivity index (χ4v) is 4.23. The van der Waals surface area contributed by atoms with Gasteiger partial charge in [0, 0.05) is 31.2 Å². The van der Waals surface area contributed by atoms with Crippen molar-refractivity contribution in [2.75, 3.05) is 37.7 Å². The van der Waals surface area contributed by atoms with Crippen molar-refractivity contribution in [2.45, 2.75) is 0 Å². The molecule has 1 fully saturated rings. The van der Waals surface area contributed by atoms with Gasteiger partial charge in [-0.3, -0.25) is 4.79 Å². The van der Waals surface area contributed by atoms with E-state index in [0.717, 1.165) is 28.4 Å². The number of nitrogens with zero attached hydrogens (tertiary/aromatic N) is 3. The highest BCUT2D eigenvalue weighted by atomic mass is 35.5. The van der Waals surface area contributed by atoms with E-state index in [1.807, 2.05) is 18.2 Å². The monoisotopic (exact) mass is 405 g/mol. The third kappa shape index (κ3) is 4.14. The number of ether oxygens (including phenoxy) is 1. The Bertz CT molecular complexity index is 955. The second-order valence-electron chi connectivity index (χ2n) is 6.22. The fourth-order valence-electron chi connectivity index (χ4n) is 2.94. The Hall–Kier alpha value is -2.38. The zero-order valence-corrected chi connectivity index (χ0v) is 16.0. The maximum Gasteiger partial charge on any atom is 0.260 e. The number of carbonyl (C=O) groups excluding carboxylic acids is 1. The predicted octanol–water partition coefficient (Wildman–Crippen LogP) is 3.82. The van der Waals surface area contributed by atoms with Crippen molar-refractivity contribution >= 4 is 44.2 Å². The molecule has 140 valence electrons. The summed E-state index contributed by atoms with van der Waals surface area (Å²) in [5.41, 5.74) is 0.936. The zero-order valence-electron chi connectivity index (χ0n) is 14.4. The van der Waals surface area contributed by atoms with Gasteiger partial charge in [0.25, 0.3) is 5.91 Å². The molecule has 0 saturated carbocycles. The number of thiazole rings is 1. The molecule has 0 N–H and O–H groups in total. The van der Waals surface area contributed by atoms with Gasteiger partial charge in [-0.25, -0.2) is 9.37 Å². The van der Waals surface area contributed by atoms with Crippen LogP contribution in [0.25, 0.3) is 10.2 Å². The molecule has 1 saturated heterocycles. The zero-order chi connectivity index (χ0) is 18.8. The van der Waals surface area contributed by atoms with Crippen LogP contribution in [0, 0.1) is 5.82 Å². The number of amides is 1. The van der Waals surface area contributed by atoms with Crippen LogP contribution in [0.3, 0.4) is 0 Å². The Morgan fingerprint density at radius 3 is 2.63 bits per heavy atom. The Kier molecular flexibility index (Phi) is 5.13. The lowest BCUT2D eigenvalue weighted by Crippen LogP contribution is -2.50. The first-order valence-electron chi connectivity index (χ1n) is 8.56. The van der Waals surface area contributed by atoms with E-state index >= 15 is 0 Å². The average molecular weight is 406 g/mol. The minimum absolute atomic E-state index is 0.0503. The quantitative estimate of drug-likeness (QED) is 0.662. The molecule has 1 aromatic heterocycles. The molecule has 27 heavy (non-hydrogen) atoms. The molecule has 1 aliphatic rings. The van der Waals surface area contributed by atoms with Crippen LogP contribution >= 0.6 is 22.9 Å². The van der Waals surface area contributed by atoms with Gasteiger partial charge in [-0.2, -0.15) is 0 Å². The standard InChI is InChI=1S/C19H17ClFN3O2S/c20-13-1-6-16-17(11-13)27-19(22-16)24-9-7-23(8-10-24)18(25)12-26-15-4-2-14(21)3-5-15/h1-6,11H,7-10,12H2. The largest absolute Gasteiger partial charge is 0.484 e. The molecule has 4 rings (SSSR count). The number of carbonyl (C=O) groups is 1. The molecular weight excluding hydrogens is 389 g/mol. The van der Waals surface area contributed by atoms with Crippen molar-refractivity contribution in [1.82, 2.24) is 9.88 Å².